The van der Waals surface area contributed by atoms with Crippen molar-refractivity contribution in [2.45, 2.75) is 24.8 Å². The minimum absolute atomic E-state index is 0.311. The molecule has 0 spiro atoms. The fourth-order valence-corrected chi connectivity index (χ4v) is 2.65. The summed E-state index contributed by atoms with van der Waals surface area (Å²) in [5.74, 6) is -0.608. The lowest BCUT2D eigenvalue weighted by atomic mass is 9.97. The molecule has 4 heteroatoms. The SMILES string of the molecule is CN(CC(C(=O)O)c1ccccc1)C(CN)C1CC1. The summed E-state index contributed by atoms with van der Waals surface area (Å²) in [6.45, 7) is 1.11. The van der Waals surface area contributed by atoms with Gasteiger partial charge in [0.05, 0.1) is 5.92 Å². The molecule has 1 saturated carbocycles. The van der Waals surface area contributed by atoms with Crippen LogP contribution >= 0.6 is 0 Å². The van der Waals surface area contributed by atoms with Gasteiger partial charge in [-0.05, 0) is 31.4 Å². The molecular formula is C15H22N2O2. The van der Waals surface area contributed by atoms with Gasteiger partial charge in [0.2, 0.25) is 0 Å². The Labute approximate surface area is 114 Å². The van der Waals surface area contributed by atoms with Gasteiger partial charge in [-0.3, -0.25) is 4.79 Å². The average Bonchev–Trinajstić information content (AvgIpc) is 3.22. The van der Waals surface area contributed by atoms with Gasteiger partial charge in [0.1, 0.15) is 0 Å². The van der Waals surface area contributed by atoms with E-state index >= 15 is 0 Å². The Kier molecular flexibility index (Phi) is 4.56. The smallest absolute Gasteiger partial charge is 0.312 e. The van der Waals surface area contributed by atoms with E-state index in [-0.39, 0.29) is 0 Å². The number of likely N-dealkylation sites (N-methyl/N-ethyl adjacent to an activating group) is 1. The van der Waals surface area contributed by atoms with E-state index < -0.39 is 11.9 Å². The Morgan fingerprint density at radius 3 is 2.53 bits per heavy atom. The summed E-state index contributed by atoms with van der Waals surface area (Å²) >= 11 is 0. The lowest BCUT2D eigenvalue weighted by Gasteiger charge is -2.29. The predicted octanol–water partition coefficient (Wildman–Crippen LogP) is 1.52. The highest BCUT2D eigenvalue weighted by molar-refractivity contribution is 5.76. The second-order valence-corrected chi connectivity index (χ2v) is 5.38. The Hall–Kier alpha value is -1.39. The van der Waals surface area contributed by atoms with E-state index in [2.05, 4.69) is 4.90 Å². The van der Waals surface area contributed by atoms with Crippen LogP contribution in [-0.2, 0) is 4.79 Å². The molecule has 4 nitrogen and oxygen atoms in total. The number of hydrogen-bond acceptors (Lipinski definition) is 3. The summed E-state index contributed by atoms with van der Waals surface area (Å²) in [5.41, 5.74) is 6.67. The van der Waals surface area contributed by atoms with Crippen LogP contribution in [0.15, 0.2) is 30.3 Å². The van der Waals surface area contributed by atoms with Crippen molar-refractivity contribution in [3.8, 4) is 0 Å². The number of aliphatic carboxylic acids is 1. The number of carboxylic acids is 1. The molecule has 0 saturated heterocycles. The molecule has 0 amide bonds. The van der Waals surface area contributed by atoms with Crippen LogP contribution in [0.5, 0.6) is 0 Å². The van der Waals surface area contributed by atoms with Crippen LogP contribution in [0, 0.1) is 5.92 Å². The monoisotopic (exact) mass is 262 g/mol. The predicted molar refractivity (Wildman–Crippen MR) is 75.0 cm³/mol. The Bertz CT molecular complexity index is 417. The van der Waals surface area contributed by atoms with Crippen molar-refractivity contribution in [3.63, 3.8) is 0 Å². The minimum atomic E-state index is -0.774. The summed E-state index contributed by atoms with van der Waals surface area (Å²) in [4.78, 5) is 13.6. The standard InChI is InChI=1S/C15H22N2O2/c1-17(14(9-16)12-7-8-12)10-13(15(18)19)11-5-3-2-4-6-11/h2-6,12-14H,7-10,16H2,1H3,(H,18,19). The van der Waals surface area contributed by atoms with Gasteiger partial charge in [-0.15, -0.1) is 0 Å². The van der Waals surface area contributed by atoms with Crippen molar-refractivity contribution < 1.29 is 9.90 Å². The van der Waals surface area contributed by atoms with Crippen molar-refractivity contribution in [2.75, 3.05) is 20.1 Å². The van der Waals surface area contributed by atoms with Crippen molar-refractivity contribution in [2.24, 2.45) is 11.7 Å². The highest BCUT2D eigenvalue weighted by Gasteiger charge is 2.34. The number of nitrogens with zero attached hydrogens (tertiary/aromatic N) is 1. The van der Waals surface area contributed by atoms with Crippen LogP contribution < -0.4 is 5.73 Å². The van der Waals surface area contributed by atoms with Crippen LogP contribution in [-0.4, -0.2) is 42.2 Å². The third-order valence-electron chi connectivity index (χ3n) is 3.94. The molecule has 0 bridgehead atoms. The van der Waals surface area contributed by atoms with Gasteiger partial charge >= 0.3 is 5.97 Å². The van der Waals surface area contributed by atoms with Gasteiger partial charge in [-0.25, -0.2) is 0 Å². The largest absolute Gasteiger partial charge is 0.481 e. The average molecular weight is 262 g/mol. The van der Waals surface area contributed by atoms with Crippen molar-refractivity contribution in [3.05, 3.63) is 35.9 Å². The third-order valence-corrected chi connectivity index (χ3v) is 3.94. The summed E-state index contributed by atoms with van der Waals surface area (Å²) < 4.78 is 0. The van der Waals surface area contributed by atoms with Crippen molar-refractivity contribution in [1.82, 2.24) is 4.90 Å². The molecule has 1 fully saturated rings. The molecule has 1 aromatic carbocycles. The number of nitrogens with two attached hydrogens (primary N) is 1. The van der Waals surface area contributed by atoms with Gasteiger partial charge in [-0.2, -0.15) is 0 Å². The van der Waals surface area contributed by atoms with Crippen molar-refractivity contribution >= 4 is 5.97 Å². The first kappa shape index (κ1) is 14.0. The fourth-order valence-electron chi connectivity index (χ4n) is 2.65. The Morgan fingerprint density at radius 2 is 2.05 bits per heavy atom. The molecule has 3 N–H and O–H groups in total. The number of carbonyl (C=O) groups is 1. The molecule has 1 aliphatic rings. The van der Waals surface area contributed by atoms with Gasteiger partial charge in [0, 0.05) is 19.1 Å². The van der Waals surface area contributed by atoms with Crippen LogP contribution in [0.2, 0.25) is 0 Å². The first-order valence-corrected chi connectivity index (χ1v) is 6.81. The van der Waals surface area contributed by atoms with Crippen molar-refractivity contribution in [1.29, 1.82) is 0 Å². The maximum atomic E-state index is 11.5. The molecule has 2 unspecified atom stereocenters. The van der Waals surface area contributed by atoms with E-state index in [1.807, 2.05) is 37.4 Å². The van der Waals surface area contributed by atoms with Gasteiger partial charge in [0.15, 0.2) is 0 Å². The lowest BCUT2D eigenvalue weighted by molar-refractivity contribution is -0.139. The Balaban J connectivity index is 2.06. The van der Waals surface area contributed by atoms with E-state index in [0.717, 1.165) is 5.56 Å². The first-order valence-electron chi connectivity index (χ1n) is 6.81. The van der Waals surface area contributed by atoms with E-state index in [1.165, 1.54) is 12.8 Å². The molecule has 1 aliphatic carbocycles. The second kappa shape index (κ2) is 6.17. The molecule has 2 atom stereocenters. The third kappa shape index (κ3) is 3.55. The molecule has 0 aliphatic heterocycles. The zero-order chi connectivity index (χ0) is 13.8. The molecule has 19 heavy (non-hydrogen) atoms. The van der Waals surface area contributed by atoms with Crippen LogP contribution in [0.3, 0.4) is 0 Å². The number of hydrogen-bond donors (Lipinski definition) is 2. The van der Waals surface area contributed by atoms with E-state index in [1.54, 1.807) is 0 Å². The lowest BCUT2D eigenvalue weighted by Crippen LogP contribution is -2.42. The Morgan fingerprint density at radius 1 is 1.42 bits per heavy atom. The summed E-state index contributed by atoms with van der Waals surface area (Å²) in [6.07, 6.45) is 2.44. The zero-order valence-electron chi connectivity index (χ0n) is 11.3. The second-order valence-electron chi connectivity index (χ2n) is 5.38. The molecule has 2 rings (SSSR count). The van der Waals surface area contributed by atoms with Crippen LogP contribution in [0.1, 0.15) is 24.3 Å². The summed E-state index contributed by atoms with van der Waals surface area (Å²) in [5, 5.41) is 9.43. The minimum Gasteiger partial charge on any atom is -0.481 e. The molecule has 1 aromatic rings. The fraction of sp³-hybridized carbons (Fsp3) is 0.533. The summed E-state index contributed by atoms with van der Waals surface area (Å²) in [7, 11) is 1.98. The molecule has 0 heterocycles. The molecule has 0 radical (unpaired) electrons. The van der Waals surface area contributed by atoms with Gasteiger partial charge in [-0.1, -0.05) is 30.3 Å². The molecular weight excluding hydrogens is 240 g/mol. The normalized spacial score (nSPS) is 18.3. The van der Waals surface area contributed by atoms with Crippen LogP contribution in [0.4, 0.5) is 0 Å². The maximum absolute atomic E-state index is 11.5. The highest BCUT2D eigenvalue weighted by atomic mass is 16.4. The molecule has 0 aromatic heterocycles. The van der Waals surface area contributed by atoms with Gasteiger partial charge in [0.25, 0.3) is 0 Å². The van der Waals surface area contributed by atoms with Crippen LogP contribution in [0.25, 0.3) is 0 Å². The first-order chi connectivity index (χ1) is 9.13. The maximum Gasteiger partial charge on any atom is 0.312 e. The van der Waals surface area contributed by atoms with E-state index in [9.17, 15) is 9.90 Å². The molecule has 104 valence electrons. The number of carboxylic acid groups (broad SMARTS) is 1. The van der Waals surface area contributed by atoms with E-state index in [0.29, 0.717) is 25.0 Å². The zero-order valence-corrected chi connectivity index (χ0v) is 11.3. The highest BCUT2D eigenvalue weighted by Crippen LogP contribution is 2.35. The summed E-state index contributed by atoms with van der Waals surface area (Å²) in [6, 6.07) is 9.73. The number of benzene rings is 1. The quantitative estimate of drug-likeness (QED) is 0.782. The van der Waals surface area contributed by atoms with E-state index in [4.69, 9.17) is 5.73 Å². The topological polar surface area (TPSA) is 66.6 Å². The van der Waals surface area contributed by atoms with Gasteiger partial charge < -0.3 is 15.7 Å². The number of rotatable bonds is 7.